The van der Waals surface area contributed by atoms with E-state index in [1.807, 2.05) is 24.1 Å². The van der Waals surface area contributed by atoms with E-state index in [0.29, 0.717) is 13.0 Å². The fraction of sp³-hybridized carbons (Fsp3) is 0.545. The molecular weight excluding hydrogens is 369 g/mol. The summed E-state index contributed by atoms with van der Waals surface area (Å²) in [7, 11) is 0. The number of carbonyl (C=O) groups excluding carboxylic acids is 1. The van der Waals surface area contributed by atoms with Crippen LogP contribution in [0.15, 0.2) is 29.4 Å². The van der Waals surface area contributed by atoms with Gasteiger partial charge in [-0.05, 0) is 56.4 Å². The van der Waals surface area contributed by atoms with Gasteiger partial charge in [0, 0.05) is 55.7 Å². The quantitative estimate of drug-likeness (QED) is 0.446. The highest BCUT2D eigenvalue weighted by Gasteiger charge is 2.26. The number of guanidine groups is 1. The topological polar surface area (TPSA) is 72.5 Å². The highest BCUT2D eigenvalue weighted by Crippen LogP contribution is 2.20. The predicted molar refractivity (Wildman–Crippen MR) is 116 cm³/mol. The van der Waals surface area contributed by atoms with E-state index in [9.17, 15) is 9.18 Å². The molecule has 0 spiro atoms. The normalized spacial score (nSPS) is 15.9. The van der Waals surface area contributed by atoms with Crippen LogP contribution < -0.4 is 10.6 Å². The van der Waals surface area contributed by atoms with Crippen molar-refractivity contribution in [3.63, 3.8) is 0 Å². The number of benzene rings is 1. The van der Waals surface area contributed by atoms with Gasteiger partial charge in [0.1, 0.15) is 5.82 Å². The van der Waals surface area contributed by atoms with Crippen molar-refractivity contribution in [2.45, 2.75) is 52.0 Å². The monoisotopic (exact) mass is 401 g/mol. The minimum atomic E-state index is -0.230. The molecule has 1 aliphatic rings. The molecule has 29 heavy (non-hydrogen) atoms. The molecule has 1 aliphatic heterocycles. The van der Waals surface area contributed by atoms with Gasteiger partial charge in [-0.25, -0.2) is 4.39 Å². The fourth-order valence-electron chi connectivity index (χ4n) is 3.98. The van der Waals surface area contributed by atoms with Gasteiger partial charge >= 0.3 is 0 Å². The summed E-state index contributed by atoms with van der Waals surface area (Å²) in [6, 6.07) is 5.12. The third kappa shape index (κ3) is 5.49. The molecular formula is C22H32FN5O. The molecule has 1 atom stereocenters. The van der Waals surface area contributed by atoms with Crippen LogP contribution in [0.25, 0.3) is 10.9 Å². The fourth-order valence-corrected chi connectivity index (χ4v) is 3.98. The van der Waals surface area contributed by atoms with Crippen molar-refractivity contribution in [1.29, 1.82) is 0 Å². The van der Waals surface area contributed by atoms with Crippen LogP contribution >= 0.6 is 0 Å². The Morgan fingerprint density at radius 2 is 2.21 bits per heavy atom. The minimum absolute atomic E-state index is 0.230. The molecule has 158 valence electrons. The van der Waals surface area contributed by atoms with Crippen LogP contribution in [0.1, 0.15) is 45.1 Å². The lowest BCUT2D eigenvalue weighted by Crippen LogP contribution is -2.39. The van der Waals surface area contributed by atoms with Gasteiger partial charge in [-0.15, -0.1) is 0 Å². The zero-order chi connectivity index (χ0) is 20.6. The van der Waals surface area contributed by atoms with Gasteiger partial charge in [-0.1, -0.05) is 6.92 Å². The zero-order valence-electron chi connectivity index (χ0n) is 17.4. The molecule has 0 saturated carbocycles. The lowest BCUT2D eigenvalue weighted by molar-refractivity contribution is -0.129. The van der Waals surface area contributed by atoms with E-state index in [0.717, 1.165) is 67.7 Å². The SMILES string of the molecule is CCNC(=NCCC(CC)N1CCCC1=O)NCCc1c[nH]c2cc(F)ccc12. The van der Waals surface area contributed by atoms with E-state index < -0.39 is 0 Å². The first-order valence-electron chi connectivity index (χ1n) is 10.7. The van der Waals surface area contributed by atoms with Crippen molar-refractivity contribution in [1.82, 2.24) is 20.5 Å². The van der Waals surface area contributed by atoms with Crippen molar-refractivity contribution < 1.29 is 9.18 Å². The van der Waals surface area contributed by atoms with Gasteiger partial charge < -0.3 is 20.5 Å². The number of fused-ring (bicyclic) bond motifs is 1. The number of nitrogens with one attached hydrogen (secondary N) is 3. The molecule has 3 N–H and O–H groups in total. The number of aromatic amines is 1. The molecule has 0 aliphatic carbocycles. The number of rotatable bonds is 9. The van der Waals surface area contributed by atoms with Gasteiger partial charge in [-0.3, -0.25) is 9.79 Å². The molecule has 0 bridgehead atoms. The molecule has 1 unspecified atom stereocenters. The van der Waals surface area contributed by atoms with Crippen molar-refractivity contribution >= 4 is 22.8 Å². The van der Waals surface area contributed by atoms with Gasteiger partial charge in [0.2, 0.25) is 5.91 Å². The summed E-state index contributed by atoms with van der Waals surface area (Å²) in [6.07, 6.45) is 6.26. The number of carbonyl (C=O) groups is 1. The first-order chi connectivity index (χ1) is 14.1. The summed E-state index contributed by atoms with van der Waals surface area (Å²) in [6.45, 7) is 7.27. The average Bonchev–Trinajstić information content (AvgIpc) is 3.31. The molecule has 1 saturated heterocycles. The number of hydrogen-bond acceptors (Lipinski definition) is 2. The van der Waals surface area contributed by atoms with Crippen LogP contribution in [0.3, 0.4) is 0 Å². The summed E-state index contributed by atoms with van der Waals surface area (Å²) in [5.41, 5.74) is 1.98. The summed E-state index contributed by atoms with van der Waals surface area (Å²) in [5, 5.41) is 7.71. The van der Waals surface area contributed by atoms with Crippen LogP contribution in [0.2, 0.25) is 0 Å². The average molecular weight is 402 g/mol. The summed E-state index contributed by atoms with van der Waals surface area (Å²) >= 11 is 0. The van der Waals surface area contributed by atoms with Gasteiger partial charge in [0.25, 0.3) is 0 Å². The van der Waals surface area contributed by atoms with E-state index in [1.165, 1.54) is 12.1 Å². The van der Waals surface area contributed by atoms with E-state index in [1.54, 1.807) is 0 Å². The molecule has 3 rings (SSSR count). The van der Waals surface area contributed by atoms with Crippen molar-refractivity contribution in [3.05, 3.63) is 35.8 Å². The Kier molecular flexibility index (Phi) is 7.49. The Morgan fingerprint density at radius 3 is 2.93 bits per heavy atom. The van der Waals surface area contributed by atoms with Crippen molar-refractivity contribution in [3.8, 4) is 0 Å². The first kappa shape index (κ1) is 21.1. The molecule has 2 aromatic rings. The number of halogens is 1. The van der Waals surface area contributed by atoms with E-state index >= 15 is 0 Å². The molecule has 1 aromatic carbocycles. The van der Waals surface area contributed by atoms with Crippen LogP contribution in [-0.4, -0.2) is 54.0 Å². The molecule has 1 amide bonds. The lowest BCUT2D eigenvalue weighted by Gasteiger charge is -2.26. The Bertz CT molecular complexity index is 847. The number of nitrogens with zero attached hydrogens (tertiary/aromatic N) is 2. The smallest absolute Gasteiger partial charge is 0.222 e. The summed E-state index contributed by atoms with van der Waals surface area (Å²) in [5.74, 6) is 0.845. The largest absolute Gasteiger partial charge is 0.361 e. The number of amides is 1. The Morgan fingerprint density at radius 1 is 1.34 bits per heavy atom. The van der Waals surface area contributed by atoms with Crippen LogP contribution in [-0.2, 0) is 11.2 Å². The van der Waals surface area contributed by atoms with Crippen LogP contribution in [0.5, 0.6) is 0 Å². The molecule has 7 heteroatoms. The highest BCUT2D eigenvalue weighted by molar-refractivity contribution is 5.83. The standard InChI is InChI=1S/C22H32FN5O/c1-3-18(28-13-5-6-21(28)29)10-12-26-22(24-4-2)25-11-9-16-15-27-20-14-17(23)7-8-19(16)20/h7-8,14-15,18,27H,3-6,9-13H2,1-2H3,(H2,24,25,26). The second-order valence-corrected chi connectivity index (χ2v) is 7.48. The second kappa shape index (κ2) is 10.3. The maximum absolute atomic E-state index is 13.3. The van der Waals surface area contributed by atoms with E-state index in [2.05, 4.69) is 27.5 Å². The second-order valence-electron chi connectivity index (χ2n) is 7.48. The predicted octanol–water partition coefficient (Wildman–Crippen LogP) is 3.20. The van der Waals surface area contributed by atoms with Crippen molar-refractivity contribution in [2.24, 2.45) is 4.99 Å². The van der Waals surface area contributed by atoms with Gasteiger partial charge in [0.15, 0.2) is 5.96 Å². The molecule has 1 fully saturated rings. The third-order valence-electron chi connectivity index (χ3n) is 5.51. The minimum Gasteiger partial charge on any atom is -0.361 e. The molecule has 0 radical (unpaired) electrons. The zero-order valence-corrected chi connectivity index (χ0v) is 17.4. The number of hydrogen-bond donors (Lipinski definition) is 3. The number of H-pyrrole nitrogens is 1. The van der Waals surface area contributed by atoms with E-state index in [-0.39, 0.29) is 17.8 Å². The maximum Gasteiger partial charge on any atom is 0.222 e. The maximum atomic E-state index is 13.3. The van der Waals surface area contributed by atoms with E-state index in [4.69, 9.17) is 0 Å². The molecule has 2 heterocycles. The number of aromatic nitrogens is 1. The first-order valence-corrected chi connectivity index (χ1v) is 10.7. The van der Waals surface area contributed by atoms with Crippen LogP contribution in [0, 0.1) is 5.82 Å². The van der Waals surface area contributed by atoms with Gasteiger partial charge in [-0.2, -0.15) is 0 Å². The van der Waals surface area contributed by atoms with Crippen LogP contribution in [0.4, 0.5) is 4.39 Å². The van der Waals surface area contributed by atoms with Crippen molar-refractivity contribution in [2.75, 3.05) is 26.2 Å². The molecule has 6 nitrogen and oxygen atoms in total. The lowest BCUT2D eigenvalue weighted by atomic mass is 10.1. The number of likely N-dealkylation sites (tertiary alicyclic amines) is 1. The Labute approximate surface area is 172 Å². The summed E-state index contributed by atoms with van der Waals surface area (Å²) < 4.78 is 13.3. The molecule has 1 aromatic heterocycles. The summed E-state index contributed by atoms with van der Waals surface area (Å²) in [4.78, 5) is 21.8. The Hall–Kier alpha value is -2.57. The Balaban J connectivity index is 1.51. The third-order valence-corrected chi connectivity index (χ3v) is 5.51. The van der Waals surface area contributed by atoms with Gasteiger partial charge in [0.05, 0.1) is 0 Å². The number of aliphatic imine (C=N–C) groups is 1. The highest BCUT2D eigenvalue weighted by atomic mass is 19.1.